The van der Waals surface area contributed by atoms with Crippen molar-refractivity contribution in [2.75, 3.05) is 11.9 Å². The van der Waals surface area contributed by atoms with Crippen LogP contribution >= 0.6 is 11.6 Å². The van der Waals surface area contributed by atoms with Crippen LogP contribution in [0.15, 0.2) is 36.7 Å². The highest BCUT2D eigenvalue weighted by molar-refractivity contribution is 6.30. The summed E-state index contributed by atoms with van der Waals surface area (Å²) in [5.41, 5.74) is 0.784. The van der Waals surface area contributed by atoms with Crippen LogP contribution in [0.2, 0.25) is 5.02 Å². The van der Waals surface area contributed by atoms with Crippen molar-refractivity contribution in [1.82, 2.24) is 9.97 Å². The van der Waals surface area contributed by atoms with Crippen LogP contribution in [-0.2, 0) is 6.61 Å². The van der Waals surface area contributed by atoms with Crippen LogP contribution in [0.4, 0.5) is 5.82 Å². The summed E-state index contributed by atoms with van der Waals surface area (Å²) in [4.78, 5) is 8.47. The Kier molecular flexibility index (Phi) is 4.36. The van der Waals surface area contributed by atoms with Crippen molar-refractivity contribution >= 4 is 17.4 Å². The van der Waals surface area contributed by atoms with Crippen molar-refractivity contribution in [1.29, 1.82) is 0 Å². The van der Waals surface area contributed by atoms with Crippen LogP contribution in [0, 0.1) is 0 Å². The number of anilines is 1. The van der Waals surface area contributed by atoms with Crippen molar-refractivity contribution in [2.45, 2.75) is 13.5 Å². The number of nitrogens with zero attached hydrogens (tertiary/aromatic N) is 2. The molecule has 0 amide bonds. The lowest BCUT2D eigenvalue weighted by molar-refractivity contribution is 0.301. The average Bonchev–Trinajstić information content (AvgIpc) is 2.40. The maximum absolute atomic E-state index is 5.79. The SMILES string of the molecule is CCNc1cnc(COc2ccc(Cl)cc2)cn1. The maximum Gasteiger partial charge on any atom is 0.144 e. The normalized spacial score (nSPS) is 10.1. The van der Waals surface area contributed by atoms with Gasteiger partial charge < -0.3 is 10.1 Å². The molecule has 0 atom stereocenters. The molecule has 4 nitrogen and oxygen atoms in total. The Morgan fingerprint density at radius 3 is 2.56 bits per heavy atom. The highest BCUT2D eigenvalue weighted by Crippen LogP contribution is 2.16. The van der Waals surface area contributed by atoms with Crippen LogP contribution < -0.4 is 10.1 Å². The van der Waals surface area contributed by atoms with Crippen molar-refractivity contribution in [3.05, 3.63) is 47.4 Å². The molecule has 5 heteroatoms. The van der Waals surface area contributed by atoms with E-state index in [1.54, 1.807) is 24.5 Å². The summed E-state index contributed by atoms with van der Waals surface area (Å²) in [7, 11) is 0. The molecule has 1 aromatic heterocycles. The molecule has 0 radical (unpaired) electrons. The molecule has 0 unspecified atom stereocenters. The third kappa shape index (κ3) is 3.60. The van der Waals surface area contributed by atoms with Crippen LogP contribution in [0.5, 0.6) is 5.75 Å². The second kappa shape index (κ2) is 6.21. The third-order valence-electron chi connectivity index (χ3n) is 2.26. The Bertz CT molecular complexity index is 485. The highest BCUT2D eigenvalue weighted by Gasteiger charge is 1.99. The minimum atomic E-state index is 0.390. The Labute approximate surface area is 111 Å². The van der Waals surface area contributed by atoms with E-state index >= 15 is 0 Å². The molecule has 0 saturated carbocycles. The Morgan fingerprint density at radius 1 is 1.17 bits per heavy atom. The van der Waals surface area contributed by atoms with Crippen LogP contribution in [0.25, 0.3) is 0 Å². The first kappa shape index (κ1) is 12.6. The van der Waals surface area contributed by atoms with E-state index in [4.69, 9.17) is 16.3 Å². The van der Waals surface area contributed by atoms with Crippen molar-refractivity contribution < 1.29 is 4.74 Å². The molecular formula is C13H14ClN3O. The Hall–Kier alpha value is -1.81. The van der Waals surface area contributed by atoms with Gasteiger partial charge in [-0.25, -0.2) is 4.98 Å². The van der Waals surface area contributed by atoms with Crippen molar-refractivity contribution in [3.63, 3.8) is 0 Å². The summed E-state index contributed by atoms with van der Waals surface area (Å²) < 4.78 is 5.57. The van der Waals surface area contributed by atoms with Gasteiger partial charge in [0.15, 0.2) is 0 Å². The number of hydrogen-bond donors (Lipinski definition) is 1. The molecule has 0 spiro atoms. The quantitative estimate of drug-likeness (QED) is 0.900. The Balaban J connectivity index is 1.91. The van der Waals surface area contributed by atoms with Gasteiger partial charge in [0.2, 0.25) is 0 Å². The molecule has 1 N–H and O–H groups in total. The summed E-state index contributed by atoms with van der Waals surface area (Å²) >= 11 is 5.79. The second-order valence-electron chi connectivity index (χ2n) is 3.67. The molecule has 0 bridgehead atoms. The maximum atomic E-state index is 5.79. The molecule has 0 fully saturated rings. The summed E-state index contributed by atoms with van der Waals surface area (Å²) in [6.07, 6.45) is 3.40. The zero-order valence-corrected chi connectivity index (χ0v) is 10.8. The minimum Gasteiger partial charge on any atom is -0.487 e. The predicted octanol–water partition coefficient (Wildman–Crippen LogP) is 3.14. The molecule has 0 aliphatic rings. The van der Waals surface area contributed by atoms with Gasteiger partial charge in [0.25, 0.3) is 0 Å². The van der Waals surface area contributed by atoms with E-state index in [2.05, 4.69) is 15.3 Å². The molecule has 0 aliphatic carbocycles. The number of rotatable bonds is 5. The summed E-state index contributed by atoms with van der Waals surface area (Å²) in [5, 5.41) is 3.78. The summed E-state index contributed by atoms with van der Waals surface area (Å²) in [5.74, 6) is 1.53. The van der Waals surface area contributed by atoms with Crippen molar-refractivity contribution in [2.24, 2.45) is 0 Å². The van der Waals surface area contributed by atoms with Gasteiger partial charge in [-0.3, -0.25) is 4.98 Å². The van der Waals surface area contributed by atoms with E-state index in [-0.39, 0.29) is 0 Å². The molecule has 2 rings (SSSR count). The number of halogens is 1. The molecule has 18 heavy (non-hydrogen) atoms. The number of benzene rings is 1. The first-order valence-corrected chi connectivity index (χ1v) is 6.09. The predicted molar refractivity (Wildman–Crippen MR) is 72.0 cm³/mol. The smallest absolute Gasteiger partial charge is 0.144 e. The van der Waals surface area contributed by atoms with E-state index < -0.39 is 0 Å². The molecule has 0 aliphatic heterocycles. The summed E-state index contributed by atoms with van der Waals surface area (Å²) in [6.45, 7) is 3.23. The van der Waals surface area contributed by atoms with E-state index in [0.29, 0.717) is 11.6 Å². The molecular weight excluding hydrogens is 250 g/mol. The third-order valence-corrected chi connectivity index (χ3v) is 2.52. The molecule has 0 saturated heterocycles. The fourth-order valence-electron chi connectivity index (χ4n) is 1.39. The topological polar surface area (TPSA) is 47.0 Å². The van der Waals surface area contributed by atoms with E-state index in [1.807, 2.05) is 19.1 Å². The lowest BCUT2D eigenvalue weighted by Gasteiger charge is -2.06. The Morgan fingerprint density at radius 2 is 1.94 bits per heavy atom. The zero-order chi connectivity index (χ0) is 12.8. The number of aromatic nitrogens is 2. The van der Waals surface area contributed by atoms with E-state index in [9.17, 15) is 0 Å². The van der Waals surface area contributed by atoms with Gasteiger partial charge in [0.05, 0.1) is 18.1 Å². The lowest BCUT2D eigenvalue weighted by atomic mass is 10.3. The second-order valence-corrected chi connectivity index (χ2v) is 4.10. The molecule has 94 valence electrons. The molecule has 2 aromatic rings. The highest BCUT2D eigenvalue weighted by atomic mass is 35.5. The first-order chi connectivity index (χ1) is 8.78. The van der Waals surface area contributed by atoms with Gasteiger partial charge in [0, 0.05) is 11.6 Å². The average molecular weight is 264 g/mol. The van der Waals surface area contributed by atoms with Crippen LogP contribution in [0.3, 0.4) is 0 Å². The number of hydrogen-bond acceptors (Lipinski definition) is 4. The van der Waals surface area contributed by atoms with Crippen molar-refractivity contribution in [3.8, 4) is 5.75 Å². The fraction of sp³-hybridized carbons (Fsp3) is 0.231. The largest absolute Gasteiger partial charge is 0.487 e. The first-order valence-electron chi connectivity index (χ1n) is 5.71. The van der Waals surface area contributed by atoms with Gasteiger partial charge in [-0.05, 0) is 31.2 Å². The molecule has 1 aromatic carbocycles. The van der Waals surface area contributed by atoms with Gasteiger partial charge in [-0.2, -0.15) is 0 Å². The van der Waals surface area contributed by atoms with Gasteiger partial charge in [-0.1, -0.05) is 11.6 Å². The van der Waals surface area contributed by atoms with Gasteiger partial charge >= 0.3 is 0 Å². The van der Waals surface area contributed by atoms with E-state index in [0.717, 1.165) is 23.8 Å². The number of nitrogens with one attached hydrogen (secondary N) is 1. The van der Waals surface area contributed by atoms with Crippen LogP contribution in [0.1, 0.15) is 12.6 Å². The minimum absolute atomic E-state index is 0.390. The molecule has 1 heterocycles. The van der Waals surface area contributed by atoms with Crippen LogP contribution in [-0.4, -0.2) is 16.5 Å². The summed E-state index contributed by atoms with van der Waals surface area (Å²) in [6, 6.07) is 7.22. The zero-order valence-electron chi connectivity index (χ0n) is 10.1. The monoisotopic (exact) mass is 263 g/mol. The number of ether oxygens (including phenoxy) is 1. The fourth-order valence-corrected chi connectivity index (χ4v) is 1.52. The van der Waals surface area contributed by atoms with Gasteiger partial charge in [0.1, 0.15) is 18.2 Å². The lowest BCUT2D eigenvalue weighted by Crippen LogP contribution is -2.03. The van der Waals surface area contributed by atoms with E-state index in [1.165, 1.54) is 0 Å². The van der Waals surface area contributed by atoms with Gasteiger partial charge in [-0.15, -0.1) is 0 Å². The standard InChI is InChI=1S/C13H14ClN3O/c1-2-15-13-8-16-11(7-17-13)9-18-12-5-3-10(14)4-6-12/h3-8H,2,9H2,1H3,(H,15,17).